The molecule has 100 valence electrons. The lowest BCUT2D eigenvalue weighted by Gasteiger charge is -2.06. The van der Waals surface area contributed by atoms with Gasteiger partial charge in [-0.3, -0.25) is 4.79 Å². The molecule has 0 aromatic carbocycles. The zero-order chi connectivity index (χ0) is 13.6. The van der Waals surface area contributed by atoms with Crippen LogP contribution in [0.2, 0.25) is 0 Å². The van der Waals surface area contributed by atoms with Gasteiger partial charge in [0.25, 0.3) is 0 Å². The first-order valence-corrected chi connectivity index (χ1v) is 5.95. The summed E-state index contributed by atoms with van der Waals surface area (Å²) in [6.45, 7) is -0.00519. The number of hydrogen-bond acceptors (Lipinski definition) is 4. The van der Waals surface area contributed by atoms with Crippen molar-refractivity contribution in [1.29, 1.82) is 0 Å². The van der Waals surface area contributed by atoms with Crippen LogP contribution in [-0.4, -0.2) is 34.9 Å². The van der Waals surface area contributed by atoms with Gasteiger partial charge in [-0.25, -0.2) is 4.98 Å². The molecule has 0 atom stereocenters. The normalized spacial score (nSPS) is 11.3. The van der Waals surface area contributed by atoms with Crippen LogP contribution in [0, 0.1) is 0 Å². The third-order valence-electron chi connectivity index (χ3n) is 1.85. The van der Waals surface area contributed by atoms with Crippen molar-refractivity contribution in [2.24, 2.45) is 0 Å². The Hall–Kier alpha value is -1.28. The van der Waals surface area contributed by atoms with Crippen molar-refractivity contribution in [1.82, 2.24) is 10.3 Å². The zero-order valence-electron chi connectivity index (χ0n) is 9.20. The summed E-state index contributed by atoms with van der Waals surface area (Å²) >= 11 is 1.03. The molecule has 18 heavy (non-hydrogen) atoms. The highest BCUT2D eigenvalue weighted by Gasteiger charge is 2.30. The number of alkyl halides is 3. The third kappa shape index (κ3) is 4.92. The van der Waals surface area contributed by atoms with Gasteiger partial charge in [-0.15, -0.1) is 0 Å². The average molecular weight is 280 g/mol. The van der Waals surface area contributed by atoms with Gasteiger partial charge in [-0.1, -0.05) is 11.8 Å². The van der Waals surface area contributed by atoms with E-state index in [2.05, 4.69) is 10.3 Å². The van der Waals surface area contributed by atoms with Crippen molar-refractivity contribution in [3.05, 3.63) is 23.9 Å². The summed E-state index contributed by atoms with van der Waals surface area (Å²) in [6.07, 6.45) is -3.68. The molecule has 1 aromatic heterocycles. The Bertz CT molecular complexity index is 395. The molecule has 1 heterocycles. The largest absolute Gasteiger partial charge is 0.417 e. The highest BCUT2D eigenvalue weighted by atomic mass is 32.2. The maximum absolute atomic E-state index is 12.2. The Balaban J connectivity index is 2.47. The fourth-order valence-electron chi connectivity index (χ4n) is 1.02. The molecule has 1 rings (SSSR count). The average Bonchev–Trinajstić information content (AvgIpc) is 2.33. The first-order chi connectivity index (χ1) is 8.43. The number of aliphatic hydroxyl groups excluding tert-OH is 1. The number of nitrogens with zero attached hydrogens (tertiary/aromatic N) is 1. The van der Waals surface area contributed by atoms with E-state index < -0.39 is 11.7 Å². The van der Waals surface area contributed by atoms with E-state index in [9.17, 15) is 18.0 Å². The molecule has 1 amide bonds. The number of halogens is 3. The molecule has 0 aliphatic heterocycles. The second-order valence-electron chi connectivity index (χ2n) is 3.25. The minimum Gasteiger partial charge on any atom is -0.395 e. The van der Waals surface area contributed by atoms with Gasteiger partial charge in [-0.05, 0) is 12.1 Å². The minimum atomic E-state index is -4.41. The van der Waals surface area contributed by atoms with Crippen LogP contribution in [0.15, 0.2) is 23.4 Å². The second kappa shape index (κ2) is 6.60. The number of amides is 1. The van der Waals surface area contributed by atoms with Crippen LogP contribution < -0.4 is 5.32 Å². The van der Waals surface area contributed by atoms with E-state index in [1.54, 1.807) is 0 Å². The van der Waals surface area contributed by atoms with Crippen LogP contribution in [0.3, 0.4) is 0 Å². The Kier molecular flexibility index (Phi) is 5.42. The molecular formula is C10H11F3N2O2S. The van der Waals surface area contributed by atoms with Crippen molar-refractivity contribution in [3.63, 3.8) is 0 Å². The lowest BCUT2D eigenvalue weighted by atomic mass is 10.3. The number of aromatic nitrogens is 1. The highest BCUT2D eigenvalue weighted by Crippen LogP contribution is 2.29. The molecule has 0 spiro atoms. The van der Waals surface area contributed by atoms with Gasteiger partial charge >= 0.3 is 6.18 Å². The molecule has 0 aliphatic carbocycles. The first-order valence-electron chi connectivity index (χ1n) is 4.97. The predicted octanol–water partition coefficient (Wildman–Crippen LogP) is 1.30. The number of thioether (sulfide) groups is 1. The molecule has 0 bridgehead atoms. The Morgan fingerprint density at radius 3 is 2.67 bits per heavy atom. The van der Waals surface area contributed by atoms with Crippen molar-refractivity contribution in [2.45, 2.75) is 11.2 Å². The standard InChI is InChI=1S/C10H11F3N2O2S/c11-10(12,13)7-1-2-9(15-5-7)18-6-8(17)14-3-4-16/h1-2,5,16H,3-4,6H2,(H,14,17). The van der Waals surface area contributed by atoms with Crippen LogP contribution in [0.5, 0.6) is 0 Å². The van der Waals surface area contributed by atoms with Crippen LogP contribution in [0.4, 0.5) is 13.2 Å². The number of hydrogen-bond donors (Lipinski definition) is 2. The van der Waals surface area contributed by atoms with E-state index in [0.29, 0.717) is 5.03 Å². The van der Waals surface area contributed by atoms with Crippen molar-refractivity contribution in [3.8, 4) is 0 Å². The van der Waals surface area contributed by atoms with E-state index in [4.69, 9.17) is 5.11 Å². The smallest absolute Gasteiger partial charge is 0.395 e. The number of aliphatic hydroxyl groups is 1. The summed E-state index contributed by atoms with van der Waals surface area (Å²) in [5.41, 5.74) is -0.823. The Morgan fingerprint density at radius 2 is 2.17 bits per heavy atom. The number of rotatable bonds is 5. The van der Waals surface area contributed by atoms with E-state index in [1.165, 1.54) is 6.07 Å². The molecule has 0 saturated carbocycles. The molecule has 2 N–H and O–H groups in total. The molecule has 0 fully saturated rings. The van der Waals surface area contributed by atoms with Gasteiger partial charge in [0.05, 0.1) is 22.9 Å². The SMILES string of the molecule is O=C(CSc1ccc(C(F)(F)F)cn1)NCCO. The van der Waals surface area contributed by atoms with Crippen molar-refractivity contribution < 1.29 is 23.1 Å². The van der Waals surface area contributed by atoms with Crippen LogP contribution in [-0.2, 0) is 11.0 Å². The zero-order valence-corrected chi connectivity index (χ0v) is 10.0. The lowest BCUT2D eigenvalue weighted by molar-refractivity contribution is -0.137. The fraction of sp³-hybridized carbons (Fsp3) is 0.400. The molecule has 0 radical (unpaired) electrons. The summed E-state index contributed by atoms with van der Waals surface area (Å²) in [7, 11) is 0. The van der Waals surface area contributed by atoms with Gasteiger partial charge in [0.15, 0.2) is 0 Å². The quantitative estimate of drug-likeness (QED) is 0.798. The van der Waals surface area contributed by atoms with Gasteiger partial charge in [0.2, 0.25) is 5.91 Å². The summed E-state index contributed by atoms with van der Waals surface area (Å²) in [5, 5.41) is 11.2. The summed E-state index contributed by atoms with van der Waals surface area (Å²) < 4.78 is 36.7. The monoisotopic (exact) mass is 280 g/mol. The molecule has 0 saturated heterocycles. The molecule has 1 aromatic rings. The fourth-order valence-corrected chi connectivity index (χ4v) is 1.69. The highest BCUT2D eigenvalue weighted by molar-refractivity contribution is 7.99. The first kappa shape index (κ1) is 14.8. The topological polar surface area (TPSA) is 62.2 Å². The summed E-state index contributed by atoms with van der Waals surface area (Å²) in [4.78, 5) is 14.8. The summed E-state index contributed by atoms with van der Waals surface area (Å²) in [5.74, 6) is -0.269. The number of pyridine rings is 1. The van der Waals surface area contributed by atoms with Crippen molar-refractivity contribution >= 4 is 17.7 Å². The lowest BCUT2D eigenvalue weighted by Crippen LogP contribution is -2.27. The number of nitrogens with one attached hydrogen (secondary N) is 1. The van der Waals surface area contributed by atoms with Gasteiger partial charge in [0, 0.05) is 12.7 Å². The third-order valence-corrected chi connectivity index (χ3v) is 2.79. The predicted molar refractivity (Wildman–Crippen MR) is 60.1 cm³/mol. The van der Waals surface area contributed by atoms with Gasteiger partial charge < -0.3 is 10.4 Å². The maximum atomic E-state index is 12.2. The maximum Gasteiger partial charge on any atom is 0.417 e. The van der Waals surface area contributed by atoms with Crippen LogP contribution in [0.1, 0.15) is 5.56 Å². The Labute approximate surface area is 106 Å². The molecular weight excluding hydrogens is 269 g/mol. The van der Waals surface area contributed by atoms with Crippen LogP contribution in [0.25, 0.3) is 0 Å². The molecule has 0 aliphatic rings. The molecule has 0 unspecified atom stereocenters. The molecule has 8 heteroatoms. The van der Waals surface area contributed by atoms with E-state index >= 15 is 0 Å². The van der Waals surface area contributed by atoms with Gasteiger partial charge in [0.1, 0.15) is 0 Å². The number of carbonyl (C=O) groups excluding carboxylic acids is 1. The van der Waals surface area contributed by atoms with Crippen molar-refractivity contribution in [2.75, 3.05) is 18.9 Å². The van der Waals surface area contributed by atoms with Crippen LogP contribution >= 0.6 is 11.8 Å². The Morgan fingerprint density at radius 1 is 1.44 bits per heavy atom. The van der Waals surface area contributed by atoms with E-state index in [1.807, 2.05) is 0 Å². The second-order valence-corrected chi connectivity index (χ2v) is 4.24. The van der Waals surface area contributed by atoms with E-state index in [0.717, 1.165) is 24.0 Å². The summed E-state index contributed by atoms with van der Waals surface area (Å²) in [6, 6.07) is 2.13. The molecule has 4 nitrogen and oxygen atoms in total. The minimum absolute atomic E-state index is 0.0400. The number of carbonyl (C=O) groups is 1. The van der Waals surface area contributed by atoms with E-state index in [-0.39, 0.29) is 24.8 Å². The van der Waals surface area contributed by atoms with Gasteiger partial charge in [-0.2, -0.15) is 13.2 Å².